The first kappa shape index (κ1) is 50.0. The molecule has 15 heteroatoms. The summed E-state index contributed by atoms with van der Waals surface area (Å²) < 4.78 is 73.0. The molecule has 2 rings (SSSR count). The fraction of sp³-hybridized carbons (Fsp3) is 0.486. The number of methoxy groups -OCH3 is 1. The highest BCUT2D eigenvalue weighted by molar-refractivity contribution is 6.32. The molecule has 1 atom stereocenters. The quantitative estimate of drug-likeness (QED) is 0.0431. The Morgan fingerprint density at radius 2 is 1.87 bits per heavy atom. The Morgan fingerprint density at radius 1 is 1.21 bits per heavy atom. The van der Waals surface area contributed by atoms with Gasteiger partial charge in [0.25, 0.3) is 0 Å². The van der Waals surface area contributed by atoms with Gasteiger partial charge in [0.05, 0.1) is 34.4 Å². The molecule has 1 saturated heterocycles. The molecule has 1 aromatic carbocycles. The van der Waals surface area contributed by atoms with Crippen molar-refractivity contribution in [2.45, 2.75) is 64.6 Å². The third-order valence-corrected chi connectivity index (χ3v) is 7.51. The molecule has 1 N–H and O–H groups in total. The average Bonchev–Trinajstić information content (AvgIpc) is 3.12. The highest BCUT2D eigenvalue weighted by atomic mass is 35.5. The number of aliphatic hydroxyl groups is 1. The Hall–Kier alpha value is -4.13. The molecule has 1 unspecified atom stereocenters. The SMILES string of the molecule is C=C(C=C=O)CF.CC/C(=C\CC(F)(F)F)CC(C)N(C/C=N/C(=C\C=C\c1cc(CCC(=O)OC)ccc1Cl)N1CCC1)C(=O)CO.CF.CF. The average molecular weight is 766 g/mol. The molecule has 1 fully saturated rings. The van der Waals surface area contributed by atoms with Crippen LogP contribution in [0, 0.1) is 0 Å². The maximum absolute atomic E-state index is 12.7. The van der Waals surface area contributed by atoms with Crippen molar-refractivity contribution in [3.8, 4) is 0 Å². The van der Waals surface area contributed by atoms with Gasteiger partial charge < -0.3 is 19.6 Å². The summed E-state index contributed by atoms with van der Waals surface area (Å²) in [5.74, 6) is 1.29. The summed E-state index contributed by atoms with van der Waals surface area (Å²) in [5.41, 5.74) is 2.50. The Balaban J connectivity index is 0. The van der Waals surface area contributed by atoms with Gasteiger partial charge in [-0.05, 0) is 61.4 Å². The second-order valence-electron chi connectivity index (χ2n) is 10.8. The lowest BCUT2D eigenvalue weighted by Gasteiger charge is -2.33. The van der Waals surface area contributed by atoms with Crippen molar-refractivity contribution in [1.29, 1.82) is 0 Å². The van der Waals surface area contributed by atoms with Crippen molar-refractivity contribution in [3.63, 3.8) is 0 Å². The molecular formula is C37H50ClF6N3O5. The van der Waals surface area contributed by atoms with E-state index in [9.17, 15) is 45.8 Å². The van der Waals surface area contributed by atoms with Gasteiger partial charge in [0.1, 0.15) is 25.0 Å². The van der Waals surface area contributed by atoms with Crippen LogP contribution in [0.5, 0.6) is 0 Å². The highest BCUT2D eigenvalue weighted by Crippen LogP contribution is 2.24. The van der Waals surface area contributed by atoms with Crippen LogP contribution in [0.25, 0.3) is 6.08 Å². The first-order valence-corrected chi connectivity index (χ1v) is 16.5. The van der Waals surface area contributed by atoms with E-state index >= 15 is 0 Å². The number of allylic oxidation sites excluding steroid dienone is 5. The van der Waals surface area contributed by atoms with Gasteiger partial charge in [-0.1, -0.05) is 61.0 Å². The number of nitrogens with zero attached hydrogens (tertiary/aromatic N) is 3. The number of amides is 1. The monoisotopic (exact) mass is 765 g/mol. The number of benzene rings is 1. The van der Waals surface area contributed by atoms with Crippen molar-refractivity contribution < 1.29 is 50.6 Å². The first-order valence-electron chi connectivity index (χ1n) is 16.1. The summed E-state index contributed by atoms with van der Waals surface area (Å²) in [5, 5.41) is 10.0. The molecular weight excluding hydrogens is 716 g/mol. The van der Waals surface area contributed by atoms with E-state index in [4.69, 9.17) is 16.3 Å². The Labute approximate surface area is 307 Å². The second-order valence-corrected chi connectivity index (χ2v) is 11.2. The number of likely N-dealkylation sites (tertiary alicyclic amines) is 1. The number of aryl methyl sites for hydroxylation is 1. The predicted octanol–water partition coefficient (Wildman–Crippen LogP) is 8.04. The zero-order chi connectivity index (χ0) is 40.1. The number of carbonyl (C=O) groups excluding carboxylic acids is 3. The van der Waals surface area contributed by atoms with E-state index < -0.39 is 37.8 Å². The van der Waals surface area contributed by atoms with E-state index in [1.54, 1.807) is 26.1 Å². The number of alkyl halides is 6. The summed E-state index contributed by atoms with van der Waals surface area (Å²) in [7, 11) is 2.36. The molecule has 1 aliphatic heterocycles. The number of aliphatic hydroxyl groups excluding tert-OH is 1. The van der Waals surface area contributed by atoms with Crippen LogP contribution < -0.4 is 0 Å². The fourth-order valence-corrected chi connectivity index (χ4v) is 4.50. The predicted molar refractivity (Wildman–Crippen MR) is 195 cm³/mol. The standard InChI is InChI=1S/C30H39ClF3N3O4.C5H5FO.2CH3F/c1-4-23(13-14-30(32,33)34)19-22(2)37(28(39)21-38)18-15-35-27(36-16-6-17-36)8-5-7-25-20-24(9-11-26(25)31)10-12-29(40)41-3;1-5(4-6)2-3-7;2*1-2/h5,7-9,11,13,15,20,22,38H,4,6,10,12,14,16-19,21H2,1-3H3;2H,1,4H2;2*1H3/b7-5+,23-13+,27-8+,35-15+;;;. The van der Waals surface area contributed by atoms with E-state index in [2.05, 4.69) is 16.5 Å². The largest absolute Gasteiger partial charge is 0.469 e. The van der Waals surface area contributed by atoms with Crippen LogP contribution in [0.4, 0.5) is 26.3 Å². The van der Waals surface area contributed by atoms with Gasteiger partial charge in [-0.25, -0.2) is 14.2 Å². The maximum Gasteiger partial charge on any atom is 0.392 e. The zero-order valence-corrected chi connectivity index (χ0v) is 31.1. The molecule has 1 heterocycles. The molecule has 1 aromatic rings. The van der Waals surface area contributed by atoms with Crippen molar-refractivity contribution in [1.82, 2.24) is 9.80 Å². The van der Waals surface area contributed by atoms with Gasteiger partial charge in [-0.3, -0.25) is 18.4 Å². The lowest BCUT2D eigenvalue weighted by molar-refractivity contribution is -0.140. The van der Waals surface area contributed by atoms with Crippen molar-refractivity contribution in [2.24, 2.45) is 4.99 Å². The van der Waals surface area contributed by atoms with E-state index in [0.29, 0.717) is 43.6 Å². The lowest BCUT2D eigenvalue weighted by Crippen LogP contribution is -2.42. The number of halogens is 7. The molecule has 8 nitrogen and oxygen atoms in total. The van der Waals surface area contributed by atoms with E-state index in [-0.39, 0.29) is 30.9 Å². The summed E-state index contributed by atoms with van der Waals surface area (Å²) in [6.07, 6.45) is 6.46. The number of hydrogen-bond donors (Lipinski definition) is 1. The summed E-state index contributed by atoms with van der Waals surface area (Å²) in [4.78, 5) is 41.3. The van der Waals surface area contributed by atoms with Crippen LogP contribution in [-0.4, -0.2) is 106 Å². The zero-order valence-electron chi connectivity index (χ0n) is 30.3. The number of rotatable bonds is 17. The molecule has 0 bridgehead atoms. The molecule has 1 aliphatic rings. The van der Waals surface area contributed by atoms with Crippen LogP contribution in [0.1, 0.15) is 57.1 Å². The number of aliphatic imine (C=N–C) groups is 1. The summed E-state index contributed by atoms with van der Waals surface area (Å²) in [6, 6.07) is 5.13. The Bertz CT molecular complexity index is 1390. The maximum atomic E-state index is 12.7. The van der Waals surface area contributed by atoms with Gasteiger partial charge in [-0.15, -0.1) is 0 Å². The smallest absolute Gasteiger partial charge is 0.392 e. The van der Waals surface area contributed by atoms with Gasteiger partial charge in [0.15, 0.2) is 0 Å². The molecule has 0 radical (unpaired) electrons. The number of esters is 1. The summed E-state index contributed by atoms with van der Waals surface area (Å²) >= 11 is 6.36. The molecule has 0 spiro atoms. The number of carbonyl (C=O) groups is 2. The second kappa shape index (κ2) is 29.4. The van der Waals surface area contributed by atoms with Crippen molar-refractivity contribution >= 4 is 41.7 Å². The van der Waals surface area contributed by atoms with E-state index in [1.165, 1.54) is 24.0 Å². The molecule has 292 valence electrons. The Morgan fingerprint density at radius 3 is 2.35 bits per heavy atom. The Kier molecular flexibility index (Phi) is 28.3. The van der Waals surface area contributed by atoms with Crippen LogP contribution in [0.2, 0.25) is 5.02 Å². The van der Waals surface area contributed by atoms with Crippen LogP contribution in [0.3, 0.4) is 0 Å². The minimum Gasteiger partial charge on any atom is -0.469 e. The topological polar surface area (TPSA) is 99.5 Å². The van der Waals surface area contributed by atoms with E-state index in [0.717, 1.165) is 36.7 Å². The number of ether oxygens (including phenoxy) is 1. The highest BCUT2D eigenvalue weighted by Gasteiger charge is 2.26. The molecule has 1 amide bonds. The minimum atomic E-state index is -4.29. The van der Waals surface area contributed by atoms with Crippen LogP contribution >= 0.6 is 11.6 Å². The first-order chi connectivity index (χ1) is 24.8. The molecule has 52 heavy (non-hydrogen) atoms. The van der Waals surface area contributed by atoms with Crippen molar-refractivity contribution in [3.05, 3.63) is 82.2 Å². The van der Waals surface area contributed by atoms with Crippen molar-refractivity contribution in [2.75, 3.05) is 54.4 Å². The number of hydrogen-bond acceptors (Lipinski definition) is 7. The van der Waals surface area contributed by atoms with Crippen LogP contribution in [0.15, 0.2) is 71.0 Å². The fourth-order valence-electron chi connectivity index (χ4n) is 4.32. The molecule has 0 aliphatic carbocycles. The van der Waals surface area contributed by atoms with E-state index in [1.807, 2.05) is 30.4 Å². The molecule has 0 aromatic heterocycles. The lowest BCUT2D eigenvalue weighted by atomic mass is 10.0. The normalized spacial score (nSPS) is 13.3. The van der Waals surface area contributed by atoms with Crippen LogP contribution in [-0.2, 0) is 25.5 Å². The third-order valence-electron chi connectivity index (χ3n) is 7.17. The minimum absolute atomic E-state index is 0.0970. The van der Waals surface area contributed by atoms with Gasteiger partial charge in [0.2, 0.25) is 5.91 Å². The third kappa shape index (κ3) is 21.9. The molecule has 0 saturated carbocycles. The van der Waals surface area contributed by atoms with Gasteiger partial charge in [-0.2, -0.15) is 13.2 Å². The van der Waals surface area contributed by atoms with Gasteiger partial charge >= 0.3 is 12.1 Å². The van der Waals surface area contributed by atoms with Gasteiger partial charge in [0, 0.05) is 42.9 Å². The summed E-state index contributed by atoms with van der Waals surface area (Å²) in [6.45, 7) is 7.08.